The van der Waals surface area contributed by atoms with Crippen LogP contribution in [0.2, 0.25) is 0 Å². The molecule has 2 amide bonds. The molecule has 2 heterocycles. The largest absolute Gasteiger partial charge is 0.497 e. The van der Waals surface area contributed by atoms with E-state index in [1.54, 1.807) is 54.7 Å². The van der Waals surface area contributed by atoms with Crippen LogP contribution in [0.1, 0.15) is 38.7 Å². The van der Waals surface area contributed by atoms with E-state index >= 15 is 0 Å². The smallest absolute Gasteiger partial charge is 0.256 e. The Kier molecular flexibility index (Phi) is 5.61. The topological polar surface area (TPSA) is 110 Å². The van der Waals surface area contributed by atoms with Crippen LogP contribution >= 0.6 is 0 Å². The normalized spacial score (nSPS) is 15.3. The van der Waals surface area contributed by atoms with Crippen molar-refractivity contribution in [3.8, 4) is 5.75 Å². The molecule has 3 N–H and O–H groups in total. The number of hydrogen-bond donors (Lipinski definition) is 2. The van der Waals surface area contributed by atoms with Gasteiger partial charge in [-0.25, -0.2) is 9.99 Å². The number of amidine groups is 1. The summed E-state index contributed by atoms with van der Waals surface area (Å²) in [7, 11) is 1.57. The molecule has 4 rings (SSSR count). The molecule has 1 atom stereocenters. The molecule has 0 spiro atoms. The number of nitrogens with two attached hydrogens (primary N) is 1. The first-order valence-electron chi connectivity index (χ1n) is 9.68. The zero-order valence-electron chi connectivity index (χ0n) is 16.9. The SMILES string of the molecule is COc1ccc(C(=O)NC2=NN(c3ccccn3)C(c3ccc(C(N)=O)cc3)C2)cc1. The summed E-state index contributed by atoms with van der Waals surface area (Å²) in [6.07, 6.45) is 2.15. The van der Waals surface area contributed by atoms with Crippen LogP contribution in [0.4, 0.5) is 5.82 Å². The van der Waals surface area contributed by atoms with Gasteiger partial charge in [0.1, 0.15) is 17.4 Å². The Morgan fingerprint density at radius 1 is 1.03 bits per heavy atom. The second kappa shape index (κ2) is 8.66. The first-order chi connectivity index (χ1) is 15.0. The molecular formula is C23H21N5O3. The lowest BCUT2D eigenvalue weighted by atomic mass is 10.0. The Morgan fingerprint density at radius 3 is 2.35 bits per heavy atom. The minimum absolute atomic E-state index is 0.192. The van der Waals surface area contributed by atoms with E-state index in [4.69, 9.17) is 10.5 Å². The van der Waals surface area contributed by atoms with Crippen molar-refractivity contribution in [3.63, 3.8) is 0 Å². The third-order valence-electron chi connectivity index (χ3n) is 4.98. The van der Waals surface area contributed by atoms with Crippen molar-refractivity contribution in [1.29, 1.82) is 0 Å². The quantitative estimate of drug-likeness (QED) is 0.666. The lowest BCUT2D eigenvalue weighted by Gasteiger charge is -2.22. The second-order valence-corrected chi connectivity index (χ2v) is 6.97. The van der Waals surface area contributed by atoms with E-state index in [2.05, 4.69) is 15.4 Å². The van der Waals surface area contributed by atoms with Gasteiger partial charge in [-0.15, -0.1) is 0 Å². The molecular weight excluding hydrogens is 394 g/mol. The molecule has 1 unspecified atom stereocenters. The lowest BCUT2D eigenvalue weighted by molar-refractivity contribution is 0.0973. The highest BCUT2D eigenvalue weighted by atomic mass is 16.5. The molecule has 0 bridgehead atoms. The number of pyridine rings is 1. The van der Waals surface area contributed by atoms with Crippen molar-refractivity contribution in [1.82, 2.24) is 10.3 Å². The molecule has 8 nitrogen and oxygen atoms in total. The number of anilines is 1. The number of rotatable bonds is 5. The van der Waals surface area contributed by atoms with Crippen LogP contribution < -0.4 is 20.8 Å². The standard InChI is InChI=1S/C23H21N5O3/c1-31-18-11-9-17(10-12-18)23(30)26-20-14-19(15-5-7-16(8-6-15)22(24)29)28(27-20)21-4-2-3-13-25-21/h2-13,19H,14H2,1H3,(H2,24,29)(H,26,27,30). The molecule has 0 saturated heterocycles. The van der Waals surface area contributed by atoms with E-state index in [1.807, 2.05) is 30.3 Å². The van der Waals surface area contributed by atoms with Crippen molar-refractivity contribution in [2.75, 3.05) is 12.1 Å². The highest BCUT2D eigenvalue weighted by molar-refractivity contribution is 6.07. The van der Waals surface area contributed by atoms with Gasteiger partial charge < -0.3 is 15.8 Å². The van der Waals surface area contributed by atoms with Crippen molar-refractivity contribution in [3.05, 3.63) is 89.6 Å². The number of aromatic nitrogens is 1. The van der Waals surface area contributed by atoms with Crippen molar-refractivity contribution in [2.45, 2.75) is 12.5 Å². The number of amides is 2. The Bertz CT molecular complexity index is 1110. The van der Waals surface area contributed by atoms with E-state index in [0.29, 0.717) is 35.0 Å². The molecule has 1 aliphatic rings. The predicted octanol–water partition coefficient (Wildman–Crippen LogP) is 2.88. The van der Waals surface area contributed by atoms with Gasteiger partial charge in [-0.1, -0.05) is 18.2 Å². The van der Waals surface area contributed by atoms with Gasteiger partial charge in [0, 0.05) is 23.7 Å². The van der Waals surface area contributed by atoms with Crippen molar-refractivity contribution < 1.29 is 14.3 Å². The van der Waals surface area contributed by atoms with Gasteiger partial charge in [-0.2, -0.15) is 5.10 Å². The molecule has 156 valence electrons. The summed E-state index contributed by atoms with van der Waals surface area (Å²) >= 11 is 0. The number of carbonyl (C=O) groups excluding carboxylic acids is 2. The van der Waals surface area contributed by atoms with Gasteiger partial charge in [-0.3, -0.25) is 9.59 Å². The highest BCUT2D eigenvalue weighted by Gasteiger charge is 2.31. The lowest BCUT2D eigenvalue weighted by Crippen LogP contribution is -2.29. The van der Waals surface area contributed by atoms with E-state index < -0.39 is 5.91 Å². The number of nitrogens with one attached hydrogen (secondary N) is 1. The minimum atomic E-state index is -0.483. The van der Waals surface area contributed by atoms with Crippen LogP contribution in [0, 0.1) is 0 Å². The summed E-state index contributed by atoms with van der Waals surface area (Å²) < 4.78 is 5.13. The maximum atomic E-state index is 12.7. The molecule has 0 radical (unpaired) electrons. The summed E-state index contributed by atoms with van der Waals surface area (Å²) in [6, 6.07) is 19.2. The highest BCUT2D eigenvalue weighted by Crippen LogP contribution is 2.33. The molecule has 2 aromatic carbocycles. The monoisotopic (exact) mass is 415 g/mol. The van der Waals surface area contributed by atoms with E-state index in [1.165, 1.54) is 0 Å². The zero-order chi connectivity index (χ0) is 21.8. The van der Waals surface area contributed by atoms with Crippen molar-refractivity contribution in [2.24, 2.45) is 10.8 Å². The Hall–Kier alpha value is -4.20. The van der Waals surface area contributed by atoms with Crippen LogP contribution in [0.15, 0.2) is 78.0 Å². The van der Waals surface area contributed by atoms with Gasteiger partial charge in [0.15, 0.2) is 0 Å². The third-order valence-corrected chi connectivity index (χ3v) is 4.98. The van der Waals surface area contributed by atoms with Gasteiger partial charge >= 0.3 is 0 Å². The van der Waals surface area contributed by atoms with Crippen LogP contribution in [-0.4, -0.2) is 29.7 Å². The number of nitrogens with zero attached hydrogens (tertiary/aromatic N) is 3. The summed E-state index contributed by atoms with van der Waals surface area (Å²) in [4.78, 5) is 28.5. The maximum absolute atomic E-state index is 12.7. The fraction of sp³-hybridized carbons (Fsp3) is 0.130. The van der Waals surface area contributed by atoms with Gasteiger partial charge in [0.05, 0.1) is 13.2 Å². The molecule has 0 saturated carbocycles. The van der Waals surface area contributed by atoms with Crippen molar-refractivity contribution >= 4 is 23.5 Å². The van der Waals surface area contributed by atoms with E-state index in [-0.39, 0.29) is 11.9 Å². The Morgan fingerprint density at radius 2 is 1.74 bits per heavy atom. The van der Waals surface area contributed by atoms with E-state index in [9.17, 15) is 9.59 Å². The number of ether oxygens (including phenoxy) is 1. The average molecular weight is 415 g/mol. The number of primary amides is 1. The number of benzene rings is 2. The second-order valence-electron chi connectivity index (χ2n) is 6.97. The van der Waals surface area contributed by atoms with Gasteiger partial charge in [-0.05, 0) is 54.1 Å². The molecule has 3 aromatic rings. The summed E-state index contributed by atoms with van der Waals surface area (Å²) in [5.74, 6) is 1.11. The molecule has 8 heteroatoms. The van der Waals surface area contributed by atoms with Crippen LogP contribution in [0.5, 0.6) is 5.75 Å². The molecule has 1 aliphatic heterocycles. The molecule has 0 fully saturated rings. The first kappa shape index (κ1) is 20.1. The zero-order valence-corrected chi connectivity index (χ0v) is 16.9. The first-order valence-corrected chi connectivity index (χ1v) is 9.68. The fourth-order valence-electron chi connectivity index (χ4n) is 3.36. The van der Waals surface area contributed by atoms with Gasteiger partial charge in [0.2, 0.25) is 5.91 Å². The predicted molar refractivity (Wildman–Crippen MR) is 117 cm³/mol. The summed E-state index contributed by atoms with van der Waals surface area (Å²) in [6.45, 7) is 0. The summed E-state index contributed by atoms with van der Waals surface area (Å²) in [5.41, 5.74) is 7.21. The van der Waals surface area contributed by atoms with Gasteiger partial charge in [0.25, 0.3) is 5.91 Å². The van der Waals surface area contributed by atoms with Crippen LogP contribution in [-0.2, 0) is 0 Å². The Balaban J connectivity index is 1.58. The minimum Gasteiger partial charge on any atom is -0.497 e. The number of hydrazone groups is 1. The number of hydrogen-bond acceptors (Lipinski definition) is 6. The fourth-order valence-corrected chi connectivity index (χ4v) is 3.36. The third kappa shape index (κ3) is 4.37. The molecule has 31 heavy (non-hydrogen) atoms. The molecule has 1 aromatic heterocycles. The summed E-state index contributed by atoms with van der Waals surface area (Å²) in [5, 5.41) is 9.27. The number of methoxy groups -OCH3 is 1. The van der Waals surface area contributed by atoms with Crippen LogP contribution in [0.25, 0.3) is 0 Å². The number of carbonyl (C=O) groups is 2. The Labute approximate surface area is 179 Å². The maximum Gasteiger partial charge on any atom is 0.256 e. The molecule has 0 aliphatic carbocycles. The average Bonchev–Trinajstić information content (AvgIpc) is 3.23. The van der Waals surface area contributed by atoms with E-state index in [0.717, 1.165) is 5.56 Å². The van der Waals surface area contributed by atoms with Crippen LogP contribution in [0.3, 0.4) is 0 Å².